The standard InChI is InChI=1S/C38H35BrClN3O7/c39-25-20-38-32-31(33(25)50-38)35(46)41-27(23-12-4-1-5-13-23)22-49-30(45)18-8-3-11-19-42(28-17-10-9-16-26(28)40)37(48)34(38)43(36(32)47)29(21-44)24-14-6-2-7-15-24/h1-7,9-17,20,27,29,31-34,44H,8,18-19,21-22H2,(H,41,46)/b11-3-/t27-,29+,31-,32+,33-,34-,38+/m0/s1. The predicted octanol–water partition coefficient (Wildman–Crippen LogP) is 5.03. The smallest absolute Gasteiger partial charge is 0.306 e. The predicted molar refractivity (Wildman–Crippen MR) is 189 cm³/mol. The molecule has 7 rings (SSSR count). The molecule has 3 aromatic carbocycles. The lowest BCUT2D eigenvalue weighted by molar-refractivity contribution is -0.146. The highest BCUT2D eigenvalue weighted by Crippen LogP contribution is 2.60. The number of rotatable bonds is 5. The van der Waals surface area contributed by atoms with E-state index in [-0.39, 0.29) is 19.6 Å². The first-order chi connectivity index (χ1) is 24.2. The number of hydrogen-bond donors (Lipinski definition) is 2. The maximum absolute atomic E-state index is 15.2. The summed E-state index contributed by atoms with van der Waals surface area (Å²) in [4.78, 5) is 60.3. The number of carbonyl (C=O) groups is 4. The third kappa shape index (κ3) is 5.96. The van der Waals surface area contributed by atoms with E-state index in [9.17, 15) is 19.5 Å². The van der Waals surface area contributed by atoms with Crippen molar-refractivity contribution in [3.8, 4) is 0 Å². The van der Waals surface area contributed by atoms with E-state index in [4.69, 9.17) is 21.1 Å². The van der Waals surface area contributed by atoms with E-state index in [1.165, 1.54) is 9.80 Å². The number of nitrogens with zero attached hydrogens (tertiary/aromatic N) is 2. The summed E-state index contributed by atoms with van der Waals surface area (Å²) in [5.41, 5.74) is 0.179. The molecule has 10 nitrogen and oxygen atoms in total. The molecule has 2 fully saturated rings. The van der Waals surface area contributed by atoms with Crippen molar-refractivity contribution in [2.75, 3.05) is 24.7 Å². The molecule has 0 aromatic heterocycles. The lowest BCUT2D eigenvalue weighted by atomic mass is 9.74. The Bertz CT molecular complexity index is 1860. The number of esters is 1. The number of fused-ring (bicyclic) bond motifs is 2. The fourth-order valence-electron chi connectivity index (χ4n) is 7.65. The molecular formula is C38H35BrClN3O7. The highest BCUT2D eigenvalue weighted by molar-refractivity contribution is 9.11. The van der Waals surface area contributed by atoms with Crippen LogP contribution in [0, 0.1) is 11.8 Å². The van der Waals surface area contributed by atoms with Gasteiger partial charge in [0.05, 0.1) is 41.2 Å². The van der Waals surface area contributed by atoms with Crippen molar-refractivity contribution in [2.45, 2.75) is 42.7 Å². The summed E-state index contributed by atoms with van der Waals surface area (Å²) in [7, 11) is 0. The molecule has 0 aliphatic carbocycles. The Morgan fingerprint density at radius 2 is 1.64 bits per heavy atom. The zero-order chi connectivity index (χ0) is 35.0. The molecule has 3 aromatic rings. The Kier molecular flexibility index (Phi) is 9.67. The molecule has 2 N–H and O–H groups in total. The Labute approximate surface area is 302 Å². The van der Waals surface area contributed by atoms with Gasteiger partial charge in [-0.3, -0.25) is 19.2 Å². The van der Waals surface area contributed by atoms with E-state index in [0.717, 1.165) is 0 Å². The number of ether oxygens (including phenoxy) is 2. The minimum Gasteiger partial charge on any atom is -0.463 e. The number of para-hydroxylation sites is 1. The van der Waals surface area contributed by atoms with E-state index in [1.807, 2.05) is 36.4 Å². The van der Waals surface area contributed by atoms with Gasteiger partial charge in [0, 0.05) is 17.4 Å². The van der Waals surface area contributed by atoms with Gasteiger partial charge in [-0.2, -0.15) is 0 Å². The maximum atomic E-state index is 15.2. The second-order valence-electron chi connectivity index (χ2n) is 12.7. The van der Waals surface area contributed by atoms with Crippen LogP contribution in [0.25, 0.3) is 0 Å². The molecule has 258 valence electrons. The van der Waals surface area contributed by atoms with Gasteiger partial charge in [-0.25, -0.2) is 0 Å². The minimum atomic E-state index is -1.56. The average Bonchev–Trinajstić information content (AvgIpc) is 3.72. The number of allylic oxidation sites excluding steroid dienone is 1. The van der Waals surface area contributed by atoms with Crippen LogP contribution in [0.2, 0.25) is 5.02 Å². The number of nitrogens with one attached hydrogen (secondary N) is 1. The van der Waals surface area contributed by atoms with Crippen molar-refractivity contribution < 1.29 is 33.8 Å². The van der Waals surface area contributed by atoms with E-state index < -0.39 is 72.0 Å². The van der Waals surface area contributed by atoms with Gasteiger partial charge >= 0.3 is 5.97 Å². The zero-order valence-corrected chi connectivity index (χ0v) is 29.2. The van der Waals surface area contributed by atoms with E-state index in [2.05, 4.69) is 21.2 Å². The van der Waals surface area contributed by atoms with Crippen LogP contribution in [0.3, 0.4) is 0 Å². The summed E-state index contributed by atoms with van der Waals surface area (Å²) in [6.45, 7) is -0.549. The normalized spacial score (nSPS) is 29.7. The SMILES string of the molecule is O=C1CC/C=C\CN(c2ccccc2Cl)C(=O)[C@@H]2N([C@H](CO)c3ccccc3)C(=O)[C@H]3[C@H](C(=O)N[C@H](c4ccccc4)CO1)[C@H]1O[C@@]23C=C1Br. The molecule has 0 radical (unpaired) electrons. The van der Waals surface area contributed by atoms with Crippen LogP contribution in [0.15, 0.2) is 108 Å². The highest BCUT2D eigenvalue weighted by Gasteiger charge is 2.75. The lowest BCUT2D eigenvalue weighted by Gasteiger charge is -2.39. The maximum Gasteiger partial charge on any atom is 0.306 e. The molecule has 50 heavy (non-hydrogen) atoms. The summed E-state index contributed by atoms with van der Waals surface area (Å²) < 4.78 is 12.9. The van der Waals surface area contributed by atoms with Gasteiger partial charge in [-0.1, -0.05) is 112 Å². The fraction of sp³-hybridized carbons (Fsp3) is 0.316. The van der Waals surface area contributed by atoms with Crippen LogP contribution in [0.4, 0.5) is 5.69 Å². The number of aliphatic hydroxyl groups is 1. The number of carbonyl (C=O) groups excluding carboxylic acids is 4. The Balaban J connectivity index is 1.39. The van der Waals surface area contributed by atoms with Crippen molar-refractivity contribution in [2.24, 2.45) is 11.8 Å². The molecule has 3 amide bonds. The second-order valence-corrected chi connectivity index (χ2v) is 14.1. The first kappa shape index (κ1) is 34.2. The highest BCUT2D eigenvalue weighted by atomic mass is 79.9. The Morgan fingerprint density at radius 1 is 0.940 bits per heavy atom. The van der Waals surface area contributed by atoms with Gasteiger partial charge in [0.15, 0.2) is 0 Å². The van der Waals surface area contributed by atoms with Crippen LogP contribution in [0.1, 0.15) is 36.1 Å². The summed E-state index contributed by atoms with van der Waals surface area (Å²) in [5.74, 6) is -4.10. The van der Waals surface area contributed by atoms with Crippen LogP contribution in [-0.4, -0.2) is 71.2 Å². The third-order valence-corrected chi connectivity index (χ3v) is 10.9. The van der Waals surface area contributed by atoms with E-state index >= 15 is 4.79 Å². The van der Waals surface area contributed by atoms with Gasteiger partial charge in [0.2, 0.25) is 11.8 Å². The van der Waals surface area contributed by atoms with Crippen molar-refractivity contribution >= 4 is 56.9 Å². The third-order valence-electron chi connectivity index (χ3n) is 9.90. The lowest BCUT2D eigenvalue weighted by Crippen LogP contribution is -2.57. The molecule has 4 heterocycles. The van der Waals surface area contributed by atoms with E-state index in [1.54, 1.807) is 66.8 Å². The van der Waals surface area contributed by atoms with Crippen molar-refractivity contribution in [3.63, 3.8) is 0 Å². The average molecular weight is 761 g/mol. The number of hydrogen-bond acceptors (Lipinski definition) is 7. The molecular weight excluding hydrogens is 726 g/mol. The number of anilines is 1. The Morgan fingerprint density at radius 3 is 2.36 bits per heavy atom. The largest absolute Gasteiger partial charge is 0.463 e. The van der Waals surface area contributed by atoms with Crippen LogP contribution < -0.4 is 10.2 Å². The van der Waals surface area contributed by atoms with Crippen LogP contribution in [0.5, 0.6) is 0 Å². The zero-order valence-electron chi connectivity index (χ0n) is 26.9. The molecule has 7 atom stereocenters. The summed E-state index contributed by atoms with van der Waals surface area (Å²) in [5, 5.41) is 14.2. The number of likely N-dealkylation sites (tertiary alicyclic amines) is 1. The molecule has 4 aliphatic rings. The molecule has 0 saturated carbocycles. The number of aliphatic hydroxyl groups excluding tert-OH is 1. The molecule has 2 saturated heterocycles. The summed E-state index contributed by atoms with van der Waals surface area (Å²) >= 11 is 10.3. The van der Waals surface area contributed by atoms with Crippen molar-refractivity contribution in [3.05, 3.63) is 124 Å². The molecule has 5 bridgehead atoms. The number of benzene rings is 3. The second kappa shape index (κ2) is 14.1. The first-order valence-electron chi connectivity index (χ1n) is 16.5. The number of cyclic esters (lactones) is 1. The van der Waals surface area contributed by atoms with Gasteiger partial charge in [0.25, 0.3) is 5.91 Å². The van der Waals surface area contributed by atoms with Crippen LogP contribution >= 0.6 is 27.5 Å². The van der Waals surface area contributed by atoms with Gasteiger partial charge in [-0.15, -0.1) is 0 Å². The molecule has 1 spiro atoms. The number of amides is 3. The van der Waals surface area contributed by atoms with Crippen molar-refractivity contribution in [1.29, 1.82) is 0 Å². The van der Waals surface area contributed by atoms with Crippen LogP contribution in [-0.2, 0) is 28.7 Å². The molecule has 12 heteroatoms. The fourth-order valence-corrected chi connectivity index (χ4v) is 8.62. The molecule has 0 unspecified atom stereocenters. The summed E-state index contributed by atoms with van der Waals surface area (Å²) in [6, 6.07) is 22.1. The molecule has 4 aliphatic heterocycles. The van der Waals surface area contributed by atoms with Gasteiger partial charge < -0.3 is 29.7 Å². The van der Waals surface area contributed by atoms with E-state index in [0.29, 0.717) is 32.7 Å². The van der Waals surface area contributed by atoms with Crippen molar-refractivity contribution in [1.82, 2.24) is 10.2 Å². The van der Waals surface area contributed by atoms with Gasteiger partial charge in [0.1, 0.15) is 24.4 Å². The summed E-state index contributed by atoms with van der Waals surface area (Å²) in [6.07, 6.45) is 4.86. The Hall–Kier alpha value is -4.29. The quantitative estimate of drug-likeness (QED) is 0.276. The topological polar surface area (TPSA) is 125 Å². The number of halogens is 2. The monoisotopic (exact) mass is 759 g/mol. The van der Waals surface area contributed by atoms with Gasteiger partial charge in [-0.05, 0) is 35.8 Å². The first-order valence-corrected chi connectivity index (χ1v) is 17.7. The minimum absolute atomic E-state index is 0.0559.